The first-order chi connectivity index (χ1) is 17.4. The maximum atomic E-state index is 14.8. The number of benzene rings is 4. The van der Waals surface area contributed by atoms with Crippen LogP contribution in [0.1, 0.15) is 25.0 Å². The van der Waals surface area contributed by atoms with Gasteiger partial charge in [-0.15, -0.1) is 0 Å². The predicted molar refractivity (Wildman–Crippen MR) is 133 cm³/mol. The van der Waals surface area contributed by atoms with Gasteiger partial charge in [0.1, 0.15) is 5.75 Å². The summed E-state index contributed by atoms with van der Waals surface area (Å²) in [6, 6.07) is 19.8. The first-order valence-corrected chi connectivity index (χ1v) is 11.8. The summed E-state index contributed by atoms with van der Waals surface area (Å²) in [5, 5.41) is 0. The monoisotopic (exact) mass is 494 g/mol. The molecular weight excluding hydrogens is 468 g/mol. The fraction of sp³-hybridized carbons (Fsp3) is 0.200. The van der Waals surface area contributed by atoms with E-state index in [0.717, 1.165) is 5.56 Å². The highest BCUT2D eigenvalue weighted by atomic mass is 19.2. The molecule has 4 aromatic rings. The molecule has 0 atom stereocenters. The van der Waals surface area contributed by atoms with Gasteiger partial charge in [-0.3, -0.25) is 0 Å². The summed E-state index contributed by atoms with van der Waals surface area (Å²) in [4.78, 5) is 0. The molecule has 4 rings (SSSR count). The van der Waals surface area contributed by atoms with Crippen molar-refractivity contribution >= 4 is 0 Å². The van der Waals surface area contributed by atoms with Gasteiger partial charge in [-0.05, 0) is 73.2 Å². The van der Waals surface area contributed by atoms with Crippen LogP contribution in [0.15, 0.2) is 72.8 Å². The smallest absolute Gasteiger partial charge is 0.201 e. The lowest BCUT2D eigenvalue weighted by Gasteiger charge is -2.11. The van der Waals surface area contributed by atoms with E-state index in [4.69, 9.17) is 9.47 Å². The summed E-state index contributed by atoms with van der Waals surface area (Å²) < 4.78 is 68.8. The molecule has 0 aliphatic heterocycles. The van der Waals surface area contributed by atoms with Gasteiger partial charge in [0.15, 0.2) is 23.2 Å². The van der Waals surface area contributed by atoms with Crippen LogP contribution in [-0.2, 0) is 12.8 Å². The molecule has 0 radical (unpaired) electrons. The van der Waals surface area contributed by atoms with Crippen LogP contribution in [0.2, 0.25) is 0 Å². The van der Waals surface area contributed by atoms with Gasteiger partial charge in [-0.25, -0.2) is 13.2 Å². The van der Waals surface area contributed by atoms with E-state index in [2.05, 4.69) is 0 Å². The van der Waals surface area contributed by atoms with Crippen LogP contribution in [-0.4, -0.2) is 13.2 Å². The first kappa shape index (κ1) is 25.3. The molecule has 0 N–H and O–H groups in total. The van der Waals surface area contributed by atoms with E-state index in [1.54, 1.807) is 67.6 Å². The second kappa shape index (κ2) is 11.3. The minimum Gasteiger partial charge on any atom is -0.494 e. The van der Waals surface area contributed by atoms with Crippen molar-refractivity contribution in [2.75, 3.05) is 13.2 Å². The molecule has 0 amide bonds. The number of rotatable bonds is 9. The van der Waals surface area contributed by atoms with Crippen molar-refractivity contribution in [3.8, 4) is 33.8 Å². The number of hydrogen-bond donors (Lipinski definition) is 0. The molecule has 0 bridgehead atoms. The molecule has 0 fully saturated rings. The van der Waals surface area contributed by atoms with Crippen molar-refractivity contribution in [2.24, 2.45) is 0 Å². The standard InChI is InChI=1S/C30H26F4O2/c1-3-35-23-14-11-21(12-15-23)24-16-13-22(27(31)28(24)32)10-7-19-5-8-20(9-6-19)25-17-18-26(36-4-2)30(34)29(25)33/h5-6,8-9,11-18H,3-4,7,10H2,1-2H3. The SMILES string of the molecule is CCOc1ccc(-c2ccc(CCc3ccc(-c4ccc(OCC)c(F)c4F)cc3)c(F)c2F)cc1. The highest BCUT2D eigenvalue weighted by molar-refractivity contribution is 5.66. The topological polar surface area (TPSA) is 18.5 Å². The maximum absolute atomic E-state index is 14.8. The Hall–Kier alpha value is -3.80. The Labute approximate surface area is 208 Å². The van der Waals surface area contributed by atoms with Crippen LogP contribution >= 0.6 is 0 Å². The molecule has 0 spiro atoms. The Morgan fingerprint density at radius 1 is 0.528 bits per heavy atom. The lowest BCUT2D eigenvalue weighted by Crippen LogP contribution is -2.00. The van der Waals surface area contributed by atoms with E-state index in [1.807, 2.05) is 6.92 Å². The molecule has 0 unspecified atom stereocenters. The molecular formula is C30H26F4O2. The van der Waals surface area contributed by atoms with E-state index in [0.29, 0.717) is 29.9 Å². The third kappa shape index (κ3) is 5.38. The normalized spacial score (nSPS) is 10.9. The van der Waals surface area contributed by atoms with Gasteiger partial charge < -0.3 is 9.47 Å². The molecule has 0 aliphatic rings. The highest BCUT2D eigenvalue weighted by Crippen LogP contribution is 2.31. The summed E-state index contributed by atoms with van der Waals surface area (Å²) in [6.45, 7) is 4.33. The van der Waals surface area contributed by atoms with Crippen LogP contribution in [0.5, 0.6) is 11.5 Å². The molecule has 36 heavy (non-hydrogen) atoms. The fourth-order valence-electron chi connectivity index (χ4n) is 4.05. The van der Waals surface area contributed by atoms with Crippen LogP contribution in [0, 0.1) is 23.3 Å². The molecule has 4 aromatic carbocycles. The average molecular weight is 495 g/mol. The summed E-state index contributed by atoms with van der Waals surface area (Å²) >= 11 is 0. The van der Waals surface area contributed by atoms with Crippen molar-refractivity contribution < 1.29 is 27.0 Å². The van der Waals surface area contributed by atoms with Gasteiger partial charge in [-0.2, -0.15) is 4.39 Å². The molecule has 0 heterocycles. The number of aryl methyl sites for hydroxylation is 2. The molecule has 2 nitrogen and oxygen atoms in total. The maximum Gasteiger partial charge on any atom is 0.201 e. The number of halogens is 4. The Kier molecular flexibility index (Phi) is 7.93. The van der Waals surface area contributed by atoms with Gasteiger partial charge >= 0.3 is 0 Å². The Morgan fingerprint density at radius 2 is 1.08 bits per heavy atom. The molecule has 0 aliphatic carbocycles. The molecule has 0 saturated heterocycles. The minimum absolute atomic E-state index is 0.125. The van der Waals surface area contributed by atoms with Crippen LogP contribution in [0.3, 0.4) is 0 Å². The van der Waals surface area contributed by atoms with Crippen LogP contribution in [0.4, 0.5) is 17.6 Å². The fourth-order valence-corrected chi connectivity index (χ4v) is 4.05. The van der Waals surface area contributed by atoms with E-state index >= 15 is 0 Å². The second-order valence-electron chi connectivity index (χ2n) is 8.23. The van der Waals surface area contributed by atoms with E-state index in [-0.39, 0.29) is 35.5 Å². The Bertz CT molecular complexity index is 1330. The largest absolute Gasteiger partial charge is 0.494 e. The van der Waals surface area contributed by atoms with Crippen LogP contribution in [0.25, 0.3) is 22.3 Å². The van der Waals surface area contributed by atoms with Crippen LogP contribution < -0.4 is 9.47 Å². The summed E-state index contributed by atoms with van der Waals surface area (Å²) in [6.07, 6.45) is 0.747. The molecule has 186 valence electrons. The van der Waals surface area contributed by atoms with Gasteiger partial charge in [-0.1, -0.05) is 48.5 Å². The lowest BCUT2D eigenvalue weighted by molar-refractivity contribution is 0.314. The molecule has 6 heteroatoms. The second-order valence-corrected chi connectivity index (χ2v) is 8.23. The summed E-state index contributed by atoms with van der Waals surface area (Å²) in [7, 11) is 0. The number of ether oxygens (including phenoxy) is 2. The van der Waals surface area contributed by atoms with E-state index in [9.17, 15) is 17.6 Å². The Balaban J connectivity index is 1.46. The lowest BCUT2D eigenvalue weighted by atomic mass is 9.97. The van der Waals surface area contributed by atoms with E-state index in [1.165, 1.54) is 12.1 Å². The van der Waals surface area contributed by atoms with Crippen molar-refractivity contribution in [3.05, 3.63) is 107 Å². The van der Waals surface area contributed by atoms with Gasteiger partial charge in [0.05, 0.1) is 13.2 Å². The van der Waals surface area contributed by atoms with E-state index < -0.39 is 23.3 Å². The summed E-state index contributed by atoms with van der Waals surface area (Å²) in [5.41, 5.74) is 2.52. The van der Waals surface area contributed by atoms with Crippen molar-refractivity contribution in [1.29, 1.82) is 0 Å². The minimum atomic E-state index is -1.02. The molecule has 0 aromatic heterocycles. The predicted octanol–water partition coefficient (Wildman–Crippen LogP) is 8.16. The Morgan fingerprint density at radius 3 is 1.69 bits per heavy atom. The van der Waals surface area contributed by atoms with Crippen molar-refractivity contribution in [3.63, 3.8) is 0 Å². The highest BCUT2D eigenvalue weighted by Gasteiger charge is 2.17. The molecule has 0 saturated carbocycles. The zero-order valence-electron chi connectivity index (χ0n) is 20.1. The average Bonchev–Trinajstić information content (AvgIpc) is 2.89. The zero-order chi connectivity index (χ0) is 25.7. The summed E-state index contributed by atoms with van der Waals surface area (Å²) in [5.74, 6) is -3.22. The van der Waals surface area contributed by atoms with Gasteiger partial charge in [0, 0.05) is 11.1 Å². The third-order valence-electron chi connectivity index (χ3n) is 5.93. The number of hydrogen-bond acceptors (Lipinski definition) is 2. The van der Waals surface area contributed by atoms with Gasteiger partial charge in [0.2, 0.25) is 5.82 Å². The third-order valence-corrected chi connectivity index (χ3v) is 5.93. The quantitative estimate of drug-likeness (QED) is 0.219. The van der Waals surface area contributed by atoms with Gasteiger partial charge in [0.25, 0.3) is 0 Å². The first-order valence-electron chi connectivity index (χ1n) is 11.8. The zero-order valence-corrected chi connectivity index (χ0v) is 20.1. The van der Waals surface area contributed by atoms with Crippen molar-refractivity contribution in [1.82, 2.24) is 0 Å². The van der Waals surface area contributed by atoms with Crippen molar-refractivity contribution in [2.45, 2.75) is 26.7 Å².